The zero-order valence-electron chi connectivity index (χ0n) is 16.4. The summed E-state index contributed by atoms with van der Waals surface area (Å²) in [5, 5.41) is 9.41. The number of ether oxygens (including phenoxy) is 2. The first kappa shape index (κ1) is 21.5. The Kier molecular flexibility index (Phi) is 7.94. The highest BCUT2D eigenvalue weighted by Crippen LogP contribution is 2.34. The predicted molar refractivity (Wildman–Crippen MR) is 106 cm³/mol. The maximum atomic E-state index is 12.5. The molecule has 6 heteroatoms. The number of carbonyl (C=O) groups excluding carboxylic acids is 1. The van der Waals surface area contributed by atoms with Crippen molar-refractivity contribution in [1.82, 2.24) is 4.90 Å². The molecule has 1 heterocycles. The van der Waals surface area contributed by atoms with E-state index in [1.54, 1.807) is 4.90 Å². The number of hydrogen-bond donors (Lipinski definition) is 0. The van der Waals surface area contributed by atoms with Gasteiger partial charge in [0.05, 0.1) is 12.2 Å². The van der Waals surface area contributed by atoms with Crippen molar-refractivity contribution in [2.45, 2.75) is 58.2 Å². The van der Waals surface area contributed by atoms with E-state index >= 15 is 0 Å². The molecule has 1 aliphatic heterocycles. The van der Waals surface area contributed by atoms with E-state index in [9.17, 15) is 4.79 Å². The Bertz CT molecular complexity index is 666. The molecule has 1 saturated heterocycles. The van der Waals surface area contributed by atoms with Gasteiger partial charge in [-0.25, -0.2) is 4.79 Å². The molecule has 27 heavy (non-hydrogen) atoms. The van der Waals surface area contributed by atoms with Gasteiger partial charge < -0.3 is 14.4 Å². The van der Waals surface area contributed by atoms with Crippen molar-refractivity contribution in [3.63, 3.8) is 0 Å². The van der Waals surface area contributed by atoms with E-state index in [1.165, 1.54) is 0 Å². The molecule has 2 rings (SSSR count). The molecule has 1 amide bonds. The second kappa shape index (κ2) is 9.96. The lowest BCUT2D eigenvalue weighted by Crippen LogP contribution is -2.44. The molecule has 0 bridgehead atoms. The second-order valence-corrected chi connectivity index (χ2v) is 8.37. The number of likely N-dealkylation sites (tertiary alicyclic amines) is 1. The van der Waals surface area contributed by atoms with Crippen LogP contribution in [0.5, 0.6) is 0 Å². The van der Waals surface area contributed by atoms with Crippen molar-refractivity contribution in [2.24, 2.45) is 5.92 Å². The van der Waals surface area contributed by atoms with Gasteiger partial charge in [-0.3, -0.25) is 0 Å². The van der Waals surface area contributed by atoms with Crippen molar-refractivity contribution >= 4 is 17.7 Å². The molecule has 0 aromatic heterocycles. The zero-order chi connectivity index (χ0) is 19.9. The number of rotatable bonds is 6. The van der Waals surface area contributed by atoms with Gasteiger partial charge in [0.15, 0.2) is 0 Å². The van der Waals surface area contributed by atoms with Crippen molar-refractivity contribution in [2.75, 3.05) is 19.7 Å². The van der Waals surface area contributed by atoms with Crippen LogP contribution in [0.1, 0.15) is 58.1 Å². The SMILES string of the molecule is CC(C)(C)OC(=O)N1CCC[C@@H]([C@@H](OCCCC#N)c2cccc(Cl)c2)C1. The van der Waals surface area contributed by atoms with Gasteiger partial charge in [-0.05, 0) is 57.7 Å². The molecule has 2 atom stereocenters. The fourth-order valence-corrected chi connectivity index (χ4v) is 3.50. The molecule has 0 radical (unpaired) electrons. The number of piperidine rings is 1. The Morgan fingerprint density at radius 1 is 1.44 bits per heavy atom. The van der Waals surface area contributed by atoms with E-state index in [2.05, 4.69) is 6.07 Å². The standard InChI is InChI=1S/C21H29ClN2O3/c1-21(2,3)27-20(25)24-12-7-9-17(15-24)19(26-13-5-4-11-23)16-8-6-10-18(22)14-16/h6,8,10,14,17,19H,4-5,7,9,12-13,15H2,1-3H3/t17-,19+/m1/s1. The summed E-state index contributed by atoms with van der Waals surface area (Å²) in [6.45, 7) is 7.42. The van der Waals surface area contributed by atoms with Crippen molar-refractivity contribution in [3.8, 4) is 6.07 Å². The summed E-state index contributed by atoms with van der Waals surface area (Å²) in [7, 11) is 0. The summed E-state index contributed by atoms with van der Waals surface area (Å²) in [6.07, 6.45) is 2.60. The Balaban J connectivity index is 2.11. The summed E-state index contributed by atoms with van der Waals surface area (Å²) in [4.78, 5) is 14.3. The number of hydrogen-bond acceptors (Lipinski definition) is 4. The maximum Gasteiger partial charge on any atom is 0.410 e. The van der Waals surface area contributed by atoms with Gasteiger partial charge in [-0.1, -0.05) is 23.7 Å². The maximum absolute atomic E-state index is 12.5. The number of benzene rings is 1. The first-order valence-corrected chi connectivity index (χ1v) is 9.90. The predicted octanol–water partition coefficient (Wildman–Crippen LogP) is 5.35. The first-order chi connectivity index (χ1) is 12.8. The van der Waals surface area contributed by atoms with Gasteiger partial charge in [0.25, 0.3) is 0 Å². The average Bonchev–Trinajstić information content (AvgIpc) is 2.60. The van der Waals surface area contributed by atoms with Gasteiger partial charge in [0, 0.05) is 37.1 Å². The Hall–Kier alpha value is -1.77. The highest BCUT2D eigenvalue weighted by molar-refractivity contribution is 6.30. The molecule has 1 fully saturated rings. The molecule has 0 unspecified atom stereocenters. The van der Waals surface area contributed by atoms with Gasteiger partial charge >= 0.3 is 6.09 Å². The number of halogens is 1. The van der Waals surface area contributed by atoms with Gasteiger partial charge in [-0.2, -0.15) is 5.26 Å². The van der Waals surface area contributed by atoms with Gasteiger partial charge in [0.1, 0.15) is 5.60 Å². The van der Waals surface area contributed by atoms with Crippen LogP contribution < -0.4 is 0 Å². The second-order valence-electron chi connectivity index (χ2n) is 7.94. The lowest BCUT2D eigenvalue weighted by Gasteiger charge is -2.37. The number of carbonyl (C=O) groups is 1. The molecule has 0 aliphatic carbocycles. The monoisotopic (exact) mass is 392 g/mol. The van der Waals surface area contributed by atoms with E-state index in [1.807, 2.05) is 45.0 Å². The molecule has 0 saturated carbocycles. The molecular weight excluding hydrogens is 364 g/mol. The fourth-order valence-electron chi connectivity index (χ4n) is 3.30. The molecular formula is C21H29ClN2O3. The zero-order valence-corrected chi connectivity index (χ0v) is 17.2. The van der Waals surface area contributed by atoms with Crippen LogP contribution in [0.2, 0.25) is 5.02 Å². The van der Waals surface area contributed by atoms with Crippen LogP contribution in [-0.4, -0.2) is 36.3 Å². The minimum atomic E-state index is -0.510. The van der Waals surface area contributed by atoms with Crippen LogP contribution in [0.4, 0.5) is 4.79 Å². The lowest BCUT2D eigenvalue weighted by atomic mass is 9.88. The molecule has 5 nitrogen and oxygen atoms in total. The minimum absolute atomic E-state index is 0.159. The van der Waals surface area contributed by atoms with E-state index in [-0.39, 0.29) is 18.1 Å². The average molecular weight is 393 g/mol. The molecule has 1 aromatic carbocycles. The summed E-state index contributed by atoms with van der Waals surface area (Å²) in [6, 6.07) is 9.82. The largest absolute Gasteiger partial charge is 0.444 e. The normalized spacial score (nSPS) is 18.6. The fraction of sp³-hybridized carbons (Fsp3) is 0.619. The van der Waals surface area contributed by atoms with Crippen LogP contribution in [0.25, 0.3) is 0 Å². The van der Waals surface area contributed by atoms with Crippen LogP contribution >= 0.6 is 11.6 Å². The topological polar surface area (TPSA) is 62.6 Å². The van der Waals surface area contributed by atoms with Crippen LogP contribution in [0, 0.1) is 17.2 Å². The third kappa shape index (κ3) is 7.04. The van der Waals surface area contributed by atoms with E-state index in [0.717, 1.165) is 18.4 Å². The number of nitrogens with zero attached hydrogens (tertiary/aromatic N) is 2. The Morgan fingerprint density at radius 2 is 2.22 bits per heavy atom. The van der Waals surface area contributed by atoms with Crippen LogP contribution in [-0.2, 0) is 9.47 Å². The van der Waals surface area contributed by atoms with Crippen LogP contribution in [0.3, 0.4) is 0 Å². The quantitative estimate of drug-likeness (QED) is 0.612. The molecule has 0 spiro atoms. The van der Waals surface area contributed by atoms with Crippen molar-refractivity contribution in [3.05, 3.63) is 34.9 Å². The third-order valence-corrected chi connectivity index (χ3v) is 4.68. The smallest absolute Gasteiger partial charge is 0.410 e. The minimum Gasteiger partial charge on any atom is -0.444 e. The third-order valence-electron chi connectivity index (χ3n) is 4.45. The molecule has 1 aliphatic rings. The van der Waals surface area contributed by atoms with E-state index < -0.39 is 5.60 Å². The first-order valence-electron chi connectivity index (χ1n) is 9.52. The van der Waals surface area contributed by atoms with Gasteiger partial charge in [-0.15, -0.1) is 0 Å². The molecule has 0 N–H and O–H groups in total. The van der Waals surface area contributed by atoms with Crippen LogP contribution in [0.15, 0.2) is 24.3 Å². The van der Waals surface area contributed by atoms with Crippen molar-refractivity contribution < 1.29 is 14.3 Å². The number of nitriles is 1. The molecule has 1 aromatic rings. The summed E-state index contributed by atoms with van der Waals surface area (Å²) >= 11 is 6.18. The summed E-state index contributed by atoms with van der Waals surface area (Å²) in [5.41, 5.74) is 0.500. The number of unbranched alkanes of at least 4 members (excludes halogenated alkanes) is 1. The summed E-state index contributed by atoms with van der Waals surface area (Å²) < 4.78 is 11.7. The van der Waals surface area contributed by atoms with E-state index in [4.69, 9.17) is 26.3 Å². The molecule has 148 valence electrons. The highest BCUT2D eigenvalue weighted by atomic mass is 35.5. The summed E-state index contributed by atoms with van der Waals surface area (Å²) in [5.74, 6) is 0.159. The van der Waals surface area contributed by atoms with Crippen molar-refractivity contribution in [1.29, 1.82) is 5.26 Å². The highest BCUT2D eigenvalue weighted by Gasteiger charge is 2.33. The van der Waals surface area contributed by atoms with E-state index in [0.29, 0.717) is 37.6 Å². The Morgan fingerprint density at radius 3 is 2.89 bits per heavy atom. The number of amides is 1. The Labute approximate surface area is 167 Å². The van der Waals surface area contributed by atoms with Gasteiger partial charge in [0.2, 0.25) is 0 Å². The lowest BCUT2D eigenvalue weighted by molar-refractivity contribution is -0.0260.